The van der Waals surface area contributed by atoms with Gasteiger partial charge in [0.2, 0.25) is 5.91 Å². The Morgan fingerprint density at radius 3 is 2.54 bits per heavy atom. The van der Waals surface area contributed by atoms with Gasteiger partial charge in [0.15, 0.2) is 0 Å². The number of amides is 3. The molecule has 24 heavy (non-hydrogen) atoms. The van der Waals surface area contributed by atoms with Crippen molar-refractivity contribution in [2.75, 3.05) is 11.9 Å². The molecule has 9 heteroatoms. The molecule has 2 unspecified atom stereocenters. The summed E-state index contributed by atoms with van der Waals surface area (Å²) in [4.78, 5) is 34.6. The van der Waals surface area contributed by atoms with Gasteiger partial charge in [-0.15, -0.1) is 0 Å². The van der Waals surface area contributed by atoms with Crippen molar-refractivity contribution in [2.45, 2.75) is 26.3 Å². The van der Waals surface area contributed by atoms with Gasteiger partial charge in [-0.25, -0.2) is 9.18 Å². The summed E-state index contributed by atoms with van der Waals surface area (Å²) in [6.07, 6.45) is 0.581. The maximum atomic E-state index is 13.7. The van der Waals surface area contributed by atoms with Crippen LogP contribution in [0.2, 0.25) is 0 Å². The zero-order chi connectivity index (χ0) is 18.3. The Bertz CT molecular complexity index is 627. The van der Waals surface area contributed by atoms with Crippen LogP contribution >= 0.6 is 15.9 Å². The van der Waals surface area contributed by atoms with Gasteiger partial charge in [0.1, 0.15) is 18.4 Å². The highest BCUT2D eigenvalue weighted by Gasteiger charge is 2.26. The van der Waals surface area contributed by atoms with Crippen molar-refractivity contribution in [3.05, 3.63) is 28.5 Å². The molecule has 1 aromatic rings. The molecule has 0 aliphatic rings. The van der Waals surface area contributed by atoms with Gasteiger partial charge >= 0.3 is 12.0 Å². The van der Waals surface area contributed by atoms with Gasteiger partial charge in [-0.05, 0) is 24.1 Å². The fraction of sp³-hybridized carbons (Fsp3) is 0.400. The third kappa shape index (κ3) is 6.15. The summed E-state index contributed by atoms with van der Waals surface area (Å²) >= 11 is 3.11. The first kappa shape index (κ1) is 19.9. The number of carbonyl (C=O) groups excluding carboxylic acids is 2. The van der Waals surface area contributed by atoms with Crippen molar-refractivity contribution < 1.29 is 23.9 Å². The van der Waals surface area contributed by atoms with Crippen LogP contribution in [-0.4, -0.2) is 35.6 Å². The van der Waals surface area contributed by atoms with Gasteiger partial charge in [-0.1, -0.05) is 36.2 Å². The van der Waals surface area contributed by atoms with Gasteiger partial charge in [0.25, 0.3) is 0 Å². The lowest BCUT2D eigenvalue weighted by atomic mass is 9.98. The molecule has 0 fully saturated rings. The van der Waals surface area contributed by atoms with E-state index in [9.17, 15) is 18.8 Å². The number of halogens is 2. The molecule has 3 amide bonds. The Kier molecular flexibility index (Phi) is 7.63. The number of hydrogen-bond acceptors (Lipinski definition) is 3. The Morgan fingerprint density at radius 2 is 2.00 bits per heavy atom. The highest BCUT2D eigenvalue weighted by atomic mass is 79.9. The number of carboxylic acid groups (broad SMARTS) is 1. The molecule has 0 saturated carbocycles. The summed E-state index contributed by atoms with van der Waals surface area (Å²) < 4.78 is 14.2. The summed E-state index contributed by atoms with van der Waals surface area (Å²) in [6, 6.07) is 2.44. The number of hydrogen-bond donors (Lipinski definition) is 4. The zero-order valence-corrected chi connectivity index (χ0v) is 14.8. The van der Waals surface area contributed by atoms with E-state index >= 15 is 0 Å². The highest BCUT2D eigenvalue weighted by molar-refractivity contribution is 9.10. The van der Waals surface area contributed by atoms with Crippen LogP contribution in [0.25, 0.3) is 0 Å². The van der Waals surface area contributed by atoms with Crippen LogP contribution in [0.5, 0.6) is 0 Å². The first-order chi connectivity index (χ1) is 11.2. The maximum Gasteiger partial charge on any atom is 0.322 e. The zero-order valence-electron chi connectivity index (χ0n) is 13.2. The fourth-order valence-electron chi connectivity index (χ4n) is 1.87. The van der Waals surface area contributed by atoms with Gasteiger partial charge in [0, 0.05) is 4.47 Å². The number of anilines is 1. The Hall–Kier alpha value is -2.16. The van der Waals surface area contributed by atoms with Crippen LogP contribution in [-0.2, 0) is 9.59 Å². The first-order valence-corrected chi connectivity index (χ1v) is 8.06. The second-order valence-corrected chi connectivity index (χ2v) is 6.11. The molecule has 1 rings (SSSR count). The van der Waals surface area contributed by atoms with E-state index in [-0.39, 0.29) is 11.6 Å². The SMILES string of the molecule is CCC(C)C(NC(=O)Nc1ccc(Br)cc1F)C(=O)NCC(=O)O. The quantitative estimate of drug-likeness (QED) is 0.560. The van der Waals surface area contributed by atoms with E-state index in [2.05, 4.69) is 31.9 Å². The Morgan fingerprint density at radius 1 is 1.33 bits per heavy atom. The fourth-order valence-corrected chi connectivity index (χ4v) is 2.20. The number of rotatable bonds is 7. The Labute approximate surface area is 147 Å². The lowest BCUT2D eigenvalue weighted by Gasteiger charge is -2.23. The third-order valence-corrected chi connectivity index (χ3v) is 3.87. The lowest BCUT2D eigenvalue weighted by molar-refractivity contribution is -0.138. The van der Waals surface area contributed by atoms with Gasteiger partial charge in [0.05, 0.1) is 5.69 Å². The molecule has 0 spiro atoms. The second-order valence-electron chi connectivity index (χ2n) is 5.20. The van der Waals surface area contributed by atoms with Crippen LogP contribution in [0.3, 0.4) is 0 Å². The second kappa shape index (κ2) is 9.21. The third-order valence-electron chi connectivity index (χ3n) is 3.38. The maximum absolute atomic E-state index is 13.7. The van der Waals surface area contributed by atoms with E-state index < -0.39 is 36.3 Å². The van der Waals surface area contributed by atoms with Crippen LogP contribution < -0.4 is 16.0 Å². The van der Waals surface area contributed by atoms with Crippen LogP contribution in [0.1, 0.15) is 20.3 Å². The monoisotopic (exact) mass is 403 g/mol. The minimum absolute atomic E-state index is 0.0375. The van der Waals surface area contributed by atoms with Gasteiger partial charge < -0.3 is 21.1 Å². The molecule has 132 valence electrons. The van der Waals surface area contributed by atoms with Crippen molar-refractivity contribution in [3.8, 4) is 0 Å². The largest absolute Gasteiger partial charge is 0.480 e. The molecule has 0 bridgehead atoms. The molecular formula is C15H19BrFN3O4. The average Bonchev–Trinajstić information content (AvgIpc) is 2.52. The molecular weight excluding hydrogens is 385 g/mol. The smallest absolute Gasteiger partial charge is 0.322 e. The number of carboxylic acids is 1. The summed E-state index contributed by atoms with van der Waals surface area (Å²) in [5.74, 6) is -2.67. The van der Waals surface area contributed by atoms with Crippen LogP contribution in [0, 0.1) is 11.7 Å². The van der Waals surface area contributed by atoms with Crippen molar-refractivity contribution in [3.63, 3.8) is 0 Å². The van der Waals surface area contributed by atoms with Gasteiger partial charge in [-0.2, -0.15) is 0 Å². The number of urea groups is 1. The molecule has 7 nitrogen and oxygen atoms in total. The highest BCUT2D eigenvalue weighted by Crippen LogP contribution is 2.19. The minimum Gasteiger partial charge on any atom is -0.480 e. The summed E-state index contributed by atoms with van der Waals surface area (Å²) in [5.41, 5.74) is -0.0375. The van der Waals surface area contributed by atoms with E-state index in [1.807, 2.05) is 6.92 Å². The molecule has 0 saturated heterocycles. The normalized spacial score (nSPS) is 12.8. The molecule has 0 aliphatic heterocycles. The van der Waals surface area contributed by atoms with Gasteiger partial charge in [-0.3, -0.25) is 9.59 Å². The topological polar surface area (TPSA) is 108 Å². The molecule has 0 heterocycles. The molecule has 2 atom stereocenters. The van der Waals surface area contributed by atoms with E-state index in [4.69, 9.17) is 5.11 Å². The minimum atomic E-state index is -1.19. The van der Waals surface area contributed by atoms with Crippen LogP contribution in [0.15, 0.2) is 22.7 Å². The predicted octanol–water partition coefficient (Wildman–Crippen LogP) is 2.33. The first-order valence-electron chi connectivity index (χ1n) is 7.26. The standard InChI is InChI=1S/C15H19BrFN3O4/c1-3-8(2)13(14(23)18-7-12(21)22)20-15(24)19-11-5-4-9(16)6-10(11)17/h4-6,8,13H,3,7H2,1-2H3,(H,18,23)(H,21,22)(H2,19,20,24). The number of carbonyl (C=O) groups is 3. The van der Waals surface area contributed by atoms with E-state index in [1.54, 1.807) is 13.0 Å². The van der Waals surface area contributed by atoms with Crippen molar-refractivity contribution in [2.24, 2.45) is 5.92 Å². The predicted molar refractivity (Wildman–Crippen MR) is 90.1 cm³/mol. The van der Waals surface area contributed by atoms with Crippen molar-refractivity contribution in [1.82, 2.24) is 10.6 Å². The van der Waals surface area contributed by atoms with E-state index in [1.165, 1.54) is 12.1 Å². The van der Waals surface area contributed by atoms with Crippen molar-refractivity contribution >= 4 is 39.5 Å². The lowest BCUT2D eigenvalue weighted by Crippen LogP contribution is -2.52. The summed E-state index contributed by atoms with van der Waals surface area (Å²) in [7, 11) is 0. The molecule has 4 N–H and O–H groups in total. The average molecular weight is 404 g/mol. The van der Waals surface area contributed by atoms with E-state index in [0.717, 1.165) is 0 Å². The number of nitrogens with one attached hydrogen (secondary N) is 3. The number of aliphatic carboxylic acids is 1. The van der Waals surface area contributed by atoms with E-state index in [0.29, 0.717) is 10.9 Å². The summed E-state index contributed by atoms with van der Waals surface area (Å²) in [6.45, 7) is 3.03. The molecule has 0 aliphatic carbocycles. The van der Waals surface area contributed by atoms with Crippen molar-refractivity contribution in [1.29, 1.82) is 0 Å². The molecule has 1 aromatic carbocycles. The number of benzene rings is 1. The molecule has 0 radical (unpaired) electrons. The summed E-state index contributed by atoms with van der Waals surface area (Å²) in [5, 5.41) is 15.6. The molecule has 0 aromatic heterocycles. The Balaban J connectivity index is 2.76. The van der Waals surface area contributed by atoms with Crippen LogP contribution in [0.4, 0.5) is 14.9 Å².